The third-order valence-corrected chi connectivity index (χ3v) is 4.60. The van der Waals surface area contributed by atoms with Crippen molar-refractivity contribution in [1.29, 1.82) is 0 Å². The van der Waals surface area contributed by atoms with Crippen LogP contribution in [-0.2, 0) is 0 Å². The summed E-state index contributed by atoms with van der Waals surface area (Å²) in [4.78, 5) is 7.21. The van der Waals surface area contributed by atoms with E-state index in [1.807, 2.05) is 12.1 Å². The second kappa shape index (κ2) is 6.62. The van der Waals surface area contributed by atoms with Gasteiger partial charge in [-0.25, -0.2) is 4.98 Å². The molecule has 1 aliphatic heterocycles. The SMILES string of the molecule is CCCN1CC=C(c2nc3cc(-c4ccccc4)ccc3o2)CC1. The highest BCUT2D eigenvalue weighted by molar-refractivity contribution is 5.82. The molecular weight excluding hydrogens is 296 g/mol. The first-order valence-corrected chi connectivity index (χ1v) is 8.71. The van der Waals surface area contributed by atoms with Crippen LogP contribution in [0.15, 0.2) is 59.0 Å². The predicted octanol–water partition coefficient (Wildman–Crippen LogP) is 4.99. The minimum atomic E-state index is 0.784. The van der Waals surface area contributed by atoms with Gasteiger partial charge < -0.3 is 4.42 Å². The summed E-state index contributed by atoms with van der Waals surface area (Å²) in [6, 6.07) is 16.6. The lowest BCUT2D eigenvalue weighted by Gasteiger charge is -2.24. The Morgan fingerprint density at radius 3 is 2.71 bits per heavy atom. The summed E-state index contributed by atoms with van der Waals surface area (Å²) in [5.74, 6) is 0.784. The molecule has 0 bridgehead atoms. The van der Waals surface area contributed by atoms with Crippen LogP contribution in [0.2, 0.25) is 0 Å². The molecular formula is C21H22N2O. The van der Waals surface area contributed by atoms with E-state index in [-0.39, 0.29) is 0 Å². The van der Waals surface area contributed by atoms with Gasteiger partial charge in [-0.2, -0.15) is 0 Å². The van der Waals surface area contributed by atoms with Gasteiger partial charge in [-0.3, -0.25) is 4.90 Å². The van der Waals surface area contributed by atoms with Crippen LogP contribution < -0.4 is 0 Å². The van der Waals surface area contributed by atoms with Crippen molar-refractivity contribution in [3.05, 3.63) is 60.5 Å². The van der Waals surface area contributed by atoms with E-state index in [9.17, 15) is 0 Å². The summed E-state index contributed by atoms with van der Waals surface area (Å²) in [6.45, 7) is 5.48. The summed E-state index contributed by atoms with van der Waals surface area (Å²) in [7, 11) is 0. The molecule has 0 atom stereocenters. The zero-order chi connectivity index (χ0) is 16.4. The summed E-state index contributed by atoms with van der Waals surface area (Å²) in [5, 5.41) is 0. The molecule has 0 amide bonds. The minimum absolute atomic E-state index is 0.784. The highest BCUT2D eigenvalue weighted by Crippen LogP contribution is 2.28. The monoisotopic (exact) mass is 318 g/mol. The first kappa shape index (κ1) is 15.2. The topological polar surface area (TPSA) is 29.3 Å². The average molecular weight is 318 g/mol. The van der Waals surface area contributed by atoms with Gasteiger partial charge in [0.25, 0.3) is 0 Å². The molecule has 122 valence electrons. The first-order valence-electron chi connectivity index (χ1n) is 8.71. The van der Waals surface area contributed by atoms with Crippen molar-refractivity contribution in [1.82, 2.24) is 9.88 Å². The molecule has 0 unspecified atom stereocenters. The van der Waals surface area contributed by atoms with Crippen LogP contribution in [0.25, 0.3) is 27.8 Å². The highest BCUT2D eigenvalue weighted by atomic mass is 16.3. The van der Waals surface area contributed by atoms with Crippen LogP contribution >= 0.6 is 0 Å². The molecule has 1 aromatic heterocycles. The molecule has 3 nitrogen and oxygen atoms in total. The smallest absolute Gasteiger partial charge is 0.222 e. The van der Waals surface area contributed by atoms with Crippen molar-refractivity contribution in [3.8, 4) is 11.1 Å². The van der Waals surface area contributed by atoms with Crippen LogP contribution in [0.4, 0.5) is 0 Å². The van der Waals surface area contributed by atoms with Crippen molar-refractivity contribution in [3.63, 3.8) is 0 Å². The van der Waals surface area contributed by atoms with Crippen LogP contribution in [0, 0.1) is 0 Å². The van der Waals surface area contributed by atoms with Crippen LogP contribution in [-0.4, -0.2) is 29.5 Å². The Balaban J connectivity index is 1.62. The standard InChI is InChI=1S/C21H22N2O/c1-2-12-23-13-10-17(11-14-23)21-22-19-15-18(8-9-20(19)24-21)16-6-4-3-5-7-16/h3-10,15H,2,11-14H2,1H3. The van der Waals surface area contributed by atoms with E-state index in [2.05, 4.69) is 54.3 Å². The summed E-state index contributed by atoms with van der Waals surface area (Å²) < 4.78 is 6.00. The van der Waals surface area contributed by atoms with Gasteiger partial charge in [-0.15, -0.1) is 0 Å². The van der Waals surface area contributed by atoms with Crippen molar-refractivity contribution in [2.75, 3.05) is 19.6 Å². The van der Waals surface area contributed by atoms with E-state index in [1.165, 1.54) is 23.1 Å². The second-order valence-corrected chi connectivity index (χ2v) is 6.35. The molecule has 0 fully saturated rings. The number of hydrogen-bond acceptors (Lipinski definition) is 3. The second-order valence-electron chi connectivity index (χ2n) is 6.35. The van der Waals surface area contributed by atoms with Crippen molar-refractivity contribution < 1.29 is 4.42 Å². The third kappa shape index (κ3) is 3.00. The lowest BCUT2D eigenvalue weighted by molar-refractivity contribution is 0.301. The van der Waals surface area contributed by atoms with E-state index in [0.29, 0.717) is 0 Å². The maximum Gasteiger partial charge on any atom is 0.222 e. The van der Waals surface area contributed by atoms with Crippen molar-refractivity contribution in [2.45, 2.75) is 19.8 Å². The number of aromatic nitrogens is 1. The Kier molecular flexibility index (Phi) is 4.18. The Morgan fingerprint density at radius 1 is 1.08 bits per heavy atom. The largest absolute Gasteiger partial charge is 0.436 e. The molecule has 1 aliphatic rings. The maximum atomic E-state index is 6.00. The summed E-state index contributed by atoms with van der Waals surface area (Å²) in [5.41, 5.74) is 5.41. The van der Waals surface area contributed by atoms with Gasteiger partial charge in [-0.1, -0.05) is 49.4 Å². The lowest BCUT2D eigenvalue weighted by Crippen LogP contribution is -2.29. The van der Waals surface area contributed by atoms with Crippen LogP contribution in [0.5, 0.6) is 0 Å². The van der Waals surface area contributed by atoms with E-state index in [1.54, 1.807) is 0 Å². The quantitative estimate of drug-likeness (QED) is 0.678. The fraction of sp³-hybridized carbons (Fsp3) is 0.286. The summed E-state index contributed by atoms with van der Waals surface area (Å²) in [6.07, 6.45) is 4.48. The number of oxazole rings is 1. The normalized spacial score (nSPS) is 15.6. The van der Waals surface area contributed by atoms with Crippen molar-refractivity contribution >= 4 is 16.7 Å². The van der Waals surface area contributed by atoms with Gasteiger partial charge in [0.05, 0.1) is 0 Å². The van der Waals surface area contributed by atoms with Gasteiger partial charge in [0, 0.05) is 18.7 Å². The zero-order valence-corrected chi connectivity index (χ0v) is 14.0. The van der Waals surface area contributed by atoms with Gasteiger partial charge in [-0.05, 0) is 42.6 Å². The number of benzene rings is 2. The van der Waals surface area contributed by atoms with E-state index < -0.39 is 0 Å². The molecule has 2 heterocycles. The third-order valence-electron chi connectivity index (χ3n) is 4.60. The Labute approximate surface area is 142 Å². The average Bonchev–Trinajstić information content (AvgIpc) is 3.06. The molecule has 24 heavy (non-hydrogen) atoms. The van der Waals surface area contributed by atoms with Gasteiger partial charge in [0.1, 0.15) is 5.52 Å². The van der Waals surface area contributed by atoms with Gasteiger partial charge >= 0.3 is 0 Å². The Hall–Kier alpha value is -2.39. The molecule has 4 rings (SSSR count). The predicted molar refractivity (Wildman–Crippen MR) is 98.8 cm³/mol. The molecule has 0 saturated heterocycles. The van der Waals surface area contributed by atoms with Crippen LogP contribution in [0.3, 0.4) is 0 Å². The van der Waals surface area contributed by atoms with E-state index in [4.69, 9.17) is 9.40 Å². The molecule has 0 aliphatic carbocycles. The lowest BCUT2D eigenvalue weighted by atomic mass is 10.1. The van der Waals surface area contributed by atoms with Crippen LogP contribution in [0.1, 0.15) is 25.7 Å². The summed E-state index contributed by atoms with van der Waals surface area (Å²) >= 11 is 0. The number of rotatable bonds is 4. The maximum absolute atomic E-state index is 6.00. The van der Waals surface area contributed by atoms with E-state index in [0.717, 1.165) is 43.0 Å². The molecule has 0 saturated carbocycles. The van der Waals surface area contributed by atoms with Gasteiger partial charge in [0.2, 0.25) is 5.89 Å². The number of nitrogens with zero attached hydrogens (tertiary/aromatic N) is 2. The number of fused-ring (bicyclic) bond motifs is 1. The van der Waals surface area contributed by atoms with E-state index >= 15 is 0 Å². The minimum Gasteiger partial charge on any atom is -0.436 e. The first-order chi connectivity index (χ1) is 11.8. The molecule has 3 heteroatoms. The molecule has 2 aromatic carbocycles. The zero-order valence-electron chi connectivity index (χ0n) is 14.0. The molecule has 0 radical (unpaired) electrons. The van der Waals surface area contributed by atoms with Crippen molar-refractivity contribution in [2.24, 2.45) is 0 Å². The fourth-order valence-corrected chi connectivity index (χ4v) is 3.30. The molecule has 3 aromatic rings. The Morgan fingerprint density at radius 2 is 1.96 bits per heavy atom. The highest BCUT2D eigenvalue weighted by Gasteiger charge is 2.16. The molecule has 0 spiro atoms. The molecule has 0 N–H and O–H groups in total. The number of hydrogen-bond donors (Lipinski definition) is 0. The fourth-order valence-electron chi connectivity index (χ4n) is 3.30. The van der Waals surface area contributed by atoms with Gasteiger partial charge in [0.15, 0.2) is 5.58 Å². The Bertz CT molecular complexity index is 864.